The third-order valence-electron chi connectivity index (χ3n) is 2.54. The van der Waals surface area contributed by atoms with Crippen molar-refractivity contribution in [1.29, 1.82) is 0 Å². The fraction of sp³-hybridized carbons (Fsp3) is 0.357. The number of carbonyl (C=O) groups excluding carboxylic acids is 1. The zero-order chi connectivity index (χ0) is 12.7. The van der Waals surface area contributed by atoms with Crippen LogP contribution in [0.25, 0.3) is 0 Å². The molecular formula is C14H18N2O. The topological polar surface area (TPSA) is 41.1 Å². The van der Waals surface area contributed by atoms with Gasteiger partial charge in [0.1, 0.15) is 0 Å². The summed E-state index contributed by atoms with van der Waals surface area (Å²) in [5.74, 6) is 2.37. The maximum atomic E-state index is 11.5. The van der Waals surface area contributed by atoms with Gasteiger partial charge in [-0.05, 0) is 18.9 Å². The van der Waals surface area contributed by atoms with Gasteiger partial charge in [-0.3, -0.25) is 0 Å². The van der Waals surface area contributed by atoms with Crippen LogP contribution < -0.4 is 10.6 Å². The van der Waals surface area contributed by atoms with Crippen molar-refractivity contribution >= 4 is 6.03 Å². The molecule has 0 bridgehead atoms. The van der Waals surface area contributed by atoms with E-state index in [0.29, 0.717) is 0 Å². The molecule has 0 aliphatic heterocycles. The van der Waals surface area contributed by atoms with Gasteiger partial charge in [-0.15, -0.1) is 6.42 Å². The highest BCUT2D eigenvalue weighted by molar-refractivity contribution is 5.74. The average Bonchev–Trinajstić information content (AvgIpc) is 2.34. The van der Waals surface area contributed by atoms with E-state index in [1.165, 1.54) is 5.56 Å². The third kappa shape index (κ3) is 4.20. The van der Waals surface area contributed by atoms with Gasteiger partial charge in [0.2, 0.25) is 0 Å². The quantitative estimate of drug-likeness (QED) is 0.766. The van der Waals surface area contributed by atoms with Crippen LogP contribution in [0.2, 0.25) is 0 Å². The lowest BCUT2D eigenvalue weighted by atomic mass is 10.0. The molecule has 0 aliphatic carbocycles. The number of terminal acetylenes is 1. The van der Waals surface area contributed by atoms with E-state index in [0.717, 1.165) is 12.0 Å². The first-order valence-corrected chi connectivity index (χ1v) is 5.71. The van der Waals surface area contributed by atoms with Crippen LogP contribution in [0.15, 0.2) is 24.3 Å². The van der Waals surface area contributed by atoms with Crippen molar-refractivity contribution in [2.24, 2.45) is 0 Å². The van der Waals surface area contributed by atoms with Gasteiger partial charge in [0.15, 0.2) is 0 Å². The van der Waals surface area contributed by atoms with Crippen molar-refractivity contribution in [2.45, 2.75) is 26.3 Å². The smallest absolute Gasteiger partial charge is 0.316 e. The number of rotatable bonds is 4. The second kappa shape index (κ2) is 6.59. The van der Waals surface area contributed by atoms with E-state index in [-0.39, 0.29) is 18.6 Å². The van der Waals surface area contributed by atoms with Crippen molar-refractivity contribution < 1.29 is 4.79 Å². The molecule has 0 saturated carbocycles. The highest BCUT2D eigenvalue weighted by Gasteiger charge is 2.11. The maximum absolute atomic E-state index is 11.5. The Morgan fingerprint density at radius 3 is 2.59 bits per heavy atom. The van der Waals surface area contributed by atoms with E-state index in [4.69, 9.17) is 6.42 Å². The summed E-state index contributed by atoms with van der Waals surface area (Å²) in [6.07, 6.45) is 5.92. The number of hydrogen-bond donors (Lipinski definition) is 2. The standard InChI is InChI=1S/C14H18N2O/c1-4-10-15-14(17)16-13(5-2)12-8-6-11(3)7-9-12/h1,6-9,13H,5,10H2,2-3H3,(H2,15,16,17). The van der Waals surface area contributed by atoms with Gasteiger partial charge >= 0.3 is 6.03 Å². The summed E-state index contributed by atoms with van der Waals surface area (Å²) in [7, 11) is 0. The number of carbonyl (C=O) groups is 1. The Bertz CT molecular complexity index is 403. The molecule has 0 fully saturated rings. The van der Waals surface area contributed by atoms with Crippen molar-refractivity contribution in [3.05, 3.63) is 35.4 Å². The Morgan fingerprint density at radius 1 is 1.41 bits per heavy atom. The first-order chi connectivity index (χ1) is 8.17. The fourth-order valence-corrected chi connectivity index (χ4v) is 1.56. The maximum Gasteiger partial charge on any atom is 0.316 e. The Hall–Kier alpha value is -1.95. The number of amides is 2. The summed E-state index contributed by atoms with van der Waals surface area (Å²) < 4.78 is 0. The van der Waals surface area contributed by atoms with Crippen LogP contribution in [0.4, 0.5) is 4.79 Å². The molecule has 2 amide bonds. The molecule has 1 unspecified atom stereocenters. The number of nitrogens with one attached hydrogen (secondary N) is 2. The van der Waals surface area contributed by atoms with Crippen LogP contribution in [-0.4, -0.2) is 12.6 Å². The summed E-state index contributed by atoms with van der Waals surface area (Å²) in [6, 6.07) is 7.94. The molecule has 2 N–H and O–H groups in total. The minimum absolute atomic E-state index is 0.0216. The third-order valence-corrected chi connectivity index (χ3v) is 2.54. The summed E-state index contributed by atoms with van der Waals surface area (Å²) in [5.41, 5.74) is 2.31. The van der Waals surface area contributed by atoms with Crippen LogP contribution >= 0.6 is 0 Å². The summed E-state index contributed by atoms with van der Waals surface area (Å²) in [4.78, 5) is 11.5. The van der Waals surface area contributed by atoms with Crippen LogP contribution in [0.1, 0.15) is 30.5 Å². The Labute approximate surface area is 103 Å². The molecule has 3 nitrogen and oxygen atoms in total. The van der Waals surface area contributed by atoms with Crippen LogP contribution in [0.3, 0.4) is 0 Å². The highest BCUT2D eigenvalue weighted by atomic mass is 16.2. The first kappa shape index (κ1) is 13.1. The molecular weight excluding hydrogens is 212 g/mol. The van der Waals surface area contributed by atoms with Crippen molar-refractivity contribution in [3.8, 4) is 12.3 Å². The Balaban J connectivity index is 2.63. The normalized spacial score (nSPS) is 11.4. The summed E-state index contributed by atoms with van der Waals surface area (Å²) >= 11 is 0. The number of urea groups is 1. The average molecular weight is 230 g/mol. The van der Waals surface area contributed by atoms with E-state index in [1.807, 2.05) is 38.1 Å². The molecule has 1 aromatic rings. The molecule has 0 saturated heterocycles. The molecule has 0 aromatic heterocycles. The minimum atomic E-state index is -0.227. The van der Waals surface area contributed by atoms with Gasteiger partial charge in [0, 0.05) is 0 Å². The van der Waals surface area contributed by atoms with Crippen LogP contribution in [0, 0.1) is 19.3 Å². The zero-order valence-electron chi connectivity index (χ0n) is 10.3. The monoisotopic (exact) mass is 230 g/mol. The van der Waals surface area contributed by atoms with E-state index >= 15 is 0 Å². The van der Waals surface area contributed by atoms with Crippen LogP contribution in [0.5, 0.6) is 0 Å². The van der Waals surface area contributed by atoms with Gasteiger partial charge in [-0.25, -0.2) is 4.79 Å². The van der Waals surface area contributed by atoms with E-state index in [9.17, 15) is 4.79 Å². The molecule has 90 valence electrons. The molecule has 1 rings (SSSR count). The zero-order valence-corrected chi connectivity index (χ0v) is 10.3. The number of aryl methyl sites for hydroxylation is 1. The molecule has 17 heavy (non-hydrogen) atoms. The second-order valence-corrected chi connectivity index (χ2v) is 3.90. The van der Waals surface area contributed by atoms with Gasteiger partial charge < -0.3 is 10.6 Å². The predicted molar refractivity (Wildman–Crippen MR) is 69.6 cm³/mol. The van der Waals surface area contributed by atoms with E-state index < -0.39 is 0 Å². The molecule has 0 spiro atoms. The van der Waals surface area contributed by atoms with E-state index in [2.05, 4.69) is 16.6 Å². The predicted octanol–water partition coefficient (Wildman–Crippen LogP) is 2.38. The summed E-state index contributed by atoms with van der Waals surface area (Å²) in [5, 5.41) is 5.48. The minimum Gasteiger partial charge on any atom is -0.331 e. The summed E-state index contributed by atoms with van der Waals surface area (Å²) in [6.45, 7) is 4.32. The first-order valence-electron chi connectivity index (χ1n) is 5.71. The van der Waals surface area contributed by atoms with Gasteiger partial charge in [-0.1, -0.05) is 42.7 Å². The number of benzene rings is 1. The van der Waals surface area contributed by atoms with Crippen molar-refractivity contribution in [2.75, 3.05) is 6.54 Å². The van der Waals surface area contributed by atoms with Crippen molar-refractivity contribution in [1.82, 2.24) is 10.6 Å². The SMILES string of the molecule is C#CCNC(=O)NC(CC)c1ccc(C)cc1. The van der Waals surface area contributed by atoms with E-state index in [1.54, 1.807) is 0 Å². The molecule has 0 heterocycles. The van der Waals surface area contributed by atoms with Crippen molar-refractivity contribution in [3.63, 3.8) is 0 Å². The lowest BCUT2D eigenvalue weighted by molar-refractivity contribution is 0.238. The molecule has 1 aromatic carbocycles. The molecule has 3 heteroatoms. The lowest BCUT2D eigenvalue weighted by Crippen LogP contribution is -2.37. The number of hydrogen-bond acceptors (Lipinski definition) is 1. The Kier molecular flexibility index (Phi) is 5.09. The molecule has 0 aliphatic rings. The Morgan fingerprint density at radius 2 is 2.06 bits per heavy atom. The second-order valence-electron chi connectivity index (χ2n) is 3.90. The molecule has 1 atom stereocenters. The lowest BCUT2D eigenvalue weighted by Gasteiger charge is -2.17. The fourth-order valence-electron chi connectivity index (χ4n) is 1.56. The van der Waals surface area contributed by atoms with Crippen LogP contribution in [-0.2, 0) is 0 Å². The largest absolute Gasteiger partial charge is 0.331 e. The van der Waals surface area contributed by atoms with Gasteiger partial charge in [0.25, 0.3) is 0 Å². The highest BCUT2D eigenvalue weighted by Crippen LogP contribution is 2.16. The van der Waals surface area contributed by atoms with Gasteiger partial charge in [0.05, 0.1) is 12.6 Å². The molecule has 0 radical (unpaired) electrons. The van der Waals surface area contributed by atoms with Gasteiger partial charge in [-0.2, -0.15) is 0 Å².